The summed E-state index contributed by atoms with van der Waals surface area (Å²) in [6, 6.07) is 20.7. The van der Waals surface area contributed by atoms with Crippen molar-refractivity contribution in [2.24, 2.45) is 0 Å². The molecular weight excluding hydrogens is 402 g/mol. The van der Waals surface area contributed by atoms with Gasteiger partial charge in [0.05, 0.1) is 11.6 Å². The van der Waals surface area contributed by atoms with E-state index < -0.39 is 0 Å². The van der Waals surface area contributed by atoms with Gasteiger partial charge in [0.15, 0.2) is 11.5 Å². The Balaban J connectivity index is 1.72. The number of benzene rings is 3. The van der Waals surface area contributed by atoms with Crippen LogP contribution in [0.4, 0.5) is 5.69 Å². The summed E-state index contributed by atoms with van der Waals surface area (Å²) in [5.41, 5.74) is 5.83. The van der Waals surface area contributed by atoms with Crippen molar-refractivity contribution in [2.45, 2.75) is 27.0 Å². The summed E-state index contributed by atoms with van der Waals surface area (Å²) in [6.07, 6.45) is 0. The molecule has 0 saturated heterocycles. The first-order chi connectivity index (χ1) is 13.1. The van der Waals surface area contributed by atoms with Gasteiger partial charge in [-0.1, -0.05) is 42.0 Å². The lowest BCUT2D eigenvalue weighted by atomic mass is 10.1. The van der Waals surface area contributed by atoms with Crippen LogP contribution in [-0.4, -0.2) is 7.11 Å². The molecule has 27 heavy (non-hydrogen) atoms. The van der Waals surface area contributed by atoms with Crippen molar-refractivity contribution in [3.63, 3.8) is 0 Å². The molecule has 3 rings (SSSR count). The van der Waals surface area contributed by atoms with Gasteiger partial charge in [-0.15, -0.1) is 0 Å². The molecule has 0 aliphatic heterocycles. The third-order valence-electron chi connectivity index (χ3n) is 4.47. The zero-order chi connectivity index (χ0) is 19.2. The second-order valence-corrected chi connectivity index (χ2v) is 7.40. The fourth-order valence-electron chi connectivity index (χ4n) is 2.81. The van der Waals surface area contributed by atoms with Gasteiger partial charge in [-0.3, -0.25) is 0 Å². The van der Waals surface area contributed by atoms with Crippen LogP contribution in [0.2, 0.25) is 0 Å². The number of hydrogen-bond donors (Lipinski definition) is 1. The summed E-state index contributed by atoms with van der Waals surface area (Å²) in [6.45, 7) is 5.38. The summed E-state index contributed by atoms with van der Waals surface area (Å²) in [5.74, 6) is 1.44. The van der Waals surface area contributed by atoms with Crippen molar-refractivity contribution in [1.29, 1.82) is 0 Å². The van der Waals surface area contributed by atoms with Gasteiger partial charge in [-0.2, -0.15) is 0 Å². The number of anilines is 1. The summed E-state index contributed by atoms with van der Waals surface area (Å²) >= 11 is 3.63. The topological polar surface area (TPSA) is 30.5 Å². The van der Waals surface area contributed by atoms with Gasteiger partial charge in [-0.05, 0) is 70.7 Å². The van der Waals surface area contributed by atoms with Crippen LogP contribution in [0, 0.1) is 13.8 Å². The van der Waals surface area contributed by atoms with Crippen molar-refractivity contribution in [3.05, 3.63) is 87.4 Å². The molecular formula is C23H24BrNO2. The Hall–Kier alpha value is -2.46. The van der Waals surface area contributed by atoms with Gasteiger partial charge in [0.1, 0.15) is 6.61 Å². The van der Waals surface area contributed by atoms with E-state index in [4.69, 9.17) is 9.47 Å². The predicted molar refractivity (Wildman–Crippen MR) is 115 cm³/mol. The average molecular weight is 426 g/mol. The summed E-state index contributed by atoms with van der Waals surface area (Å²) in [4.78, 5) is 0. The number of aryl methyl sites for hydroxylation is 2. The van der Waals surface area contributed by atoms with Crippen molar-refractivity contribution in [2.75, 3.05) is 12.4 Å². The van der Waals surface area contributed by atoms with Gasteiger partial charge in [-0.25, -0.2) is 0 Å². The molecule has 4 heteroatoms. The second-order valence-electron chi connectivity index (χ2n) is 6.54. The molecule has 0 amide bonds. The maximum Gasteiger partial charge on any atom is 0.175 e. The van der Waals surface area contributed by atoms with Crippen LogP contribution < -0.4 is 14.8 Å². The fourth-order valence-corrected chi connectivity index (χ4v) is 3.42. The maximum absolute atomic E-state index is 6.06. The SMILES string of the molecule is COc1cc(CNc2ccc(C)cc2)cc(Br)c1OCc1ccccc1C. The van der Waals surface area contributed by atoms with E-state index in [1.165, 1.54) is 11.1 Å². The number of methoxy groups -OCH3 is 1. The second kappa shape index (κ2) is 8.96. The zero-order valence-electron chi connectivity index (χ0n) is 15.9. The van der Waals surface area contributed by atoms with E-state index >= 15 is 0 Å². The van der Waals surface area contributed by atoms with Gasteiger partial charge < -0.3 is 14.8 Å². The molecule has 0 bridgehead atoms. The van der Waals surface area contributed by atoms with Gasteiger partial charge in [0.25, 0.3) is 0 Å². The van der Waals surface area contributed by atoms with Gasteiger partial charge in [0.2, 0.25) is 0 Å². The van der Waals surface area contributed by atoms with Crippen molar-refractivity contribution in [3.8, 4) is 11.5 Å². The molecule has 0 saturated carbocycles. The molecule has 3 aromatic rings. The van der Waals surface area contributed by atoms with E-state index in [-0.39, 0.29) is 0 Å². The largest absolute Gasteiger partial charge is 0.493 e. The predicted octanol–water partition coefficient (Wildman–Crippen LogP) is 6.27. The minimum absolute atomic E-state index is 0.503. The first-order valence-electron chi connectivity index (χ1n) is 8.91. The van der Waals surface area contributed by atoms with E-state index in [2.05, 4.69) is 77.6 Å². The standard InChI is InChI=1S/C23H24BrNO2/c1-16-8-10-20(11-9-16)25-14-18-12-21(24)23(22(13-18)26-3)27-15-19-7-5-4-6-17(19)2/h4-13,25H,14-15H2,1-3H3. The van der Waals surface area contributed by atoms with E-state index in [1.807, 2.05) is 18.2 Å². The van der Waals surface area contributed by atoms with E-state index in [1.54, 1.807) is 7.11 Å². The highest BCUT2D eigenvalue weighted by molar-refractivity contribution is 9.10. The van der Waals surface area contributed by atoms with Crippen LogP contribution >= 0.6 is 15.9 Å². The number of hydrogen-bond acceptors (Lipinski definition) is 3. The monoisotopic (exact) mass is 425 g/mol. The molecule has 3 aromatic carbocycles. The van der Waals surface area contributed by atoms with Crippen molar-refractivity contribution < 1.29 is 9.47 Å². The molecule has 0 spiro atoms. The van der Waals surface area contributed by atoms with Crippen molar-refractivity contribution >= 4 is 21.6 Å². The molecule has 0 aliphatic rings. The summed E-state index contributed by atoms with van der Waals surface area (Å²) in [5, 5.41) is 3.43. The molecule has 0 unspecified atom stereocenters. The molecule has 0 radical (unpaired) electrons. The van der Waals surface area contributed by atoms with Crippen LogP contribution in [0.25, 0.3) is 0 Å². The number of halogens is 1. The molecule has 3 nitrogen and oxygen atoms in total. The van der Waals surface area contributed by atoms with Crippen molar-refractivity contribution in [1.82, 2.24) is 0 Å². The van der Waals surface area contributed by atoms with E-state index in [0.29, 0.717) is 13.2 Å². The third-order valence-corrected chi connectivity index (χ3v) is 5.06. The summed E-state index contributed by atoms with van der Waals surface area (Å²) in [7, 11) is 1.67. The van der Waals surface area contributed by atoms with Crippen LogP contribution in [0.15, 0.2) is 65.1 Å². The first kappa shape index (κ1) is 19.3. The van der Waals surface area contributed by atoms with Crippen LogP contribution in [-0.2, 0) is 13.2 Å². The Labute approximate surface area is 169 Å². The molecule has 0 aromatic heterocycles. The Morgan fingerprint density at radius 1 is 0.963 bits per heavy atom. The molecule has 1 N–H and O–H groups in total. The Morgan fingerprint density at radius 2 is 1.70 bits per heavy atom. The van der Waals surface area contributed by atoms with Crippen LogP contribution in [0.5, 0.6) is 11.5 Å². The third kappa shape index (κ3) is 5.04. The van der Waals surface area contributed by atoms with Gasteiger partial charge in [0, 0.05) is 12.2 Å². The first-order valence-corrected chi connectivity index (χ1v) is 9.70. The lowest BCUT2D eigenvalue weighted by Gasteiger charge is -2.16. The Bertz CT molecular complexity index is 907. The lowest BCUT2D eigenvalue weighted by Crippen LogP contribution is -2.03. The molecule has 0 fully saturated rings. The zero-order valence-corrected chi connectivity index (χ0v) is 17.5. The van der Waals surface area contributed by atoms with Crippen LogP contribution in [0.1, 0.15) is 22.3 Å². The lowest BCUT2D eigenvalue weighted by molar-refractivity contribution is 0.282. The highest BCUT2D eigenvalue weighted by Gasteiger charge is 2.12. The normalized spacial score (nSPS) is 10.5. The Kier molecular flexibility index (Phi) is 6.40. The highest BCUT2D eigenvalue weighted by atomic mass is 79.9. The summed E-state index contributed by atoms with van der Waals surface area (Å²) < 4.78 is 12.5. The maximum atomic E-state index is 6.06. The molecule has 140 valence electrons. The number of rotatable bonds is 7. The van der Waals surface area contributed by atoms with Gasteiger partial charge >= 0.3 is 0 Å². The number of ether oxygens (including phenoxy) is 2. The minimum Gasteiger partial charge on any atom is -0.493 e. The van der Waals surface area contributed by atoms with Crippen LogP contribution in [0.3, 0.4) is 0 Å². The quantitative estimate of drug-likeness (QED) is 0.483. The van der Waals surface area contributed by atoms with E-state index in [0.717, 1.165) is 32.8 Å². The van der Waals surface area contributed by atoms with E-state index in [9.17, 15) is 0 Å². The number of nitrogens with one attached hydrogen (secondary N) is 1. The average Bonchev–Trinajstić information content (AvgIpc) is 2.67. The highest BCUT2D eigenvalue weighted by Crippen LogP contribution is 2.37. The smallest absolute Gasteiger partial charge is 0.175 e. The molecule has 0 aliphatic carbocycles. The molecule has 0 atom stereocenters. The minimum atomic E-state index is 0.503. The fraction of sp³-hybridized carbons (Fsp3) is 0.217. The Morgan fingerprint density at radius 3 is 2.41 bits per heavy atom. The molecule has 0 heterocycles.